The van der Waals surface area contributed by atoms with Gasteiger partial charge in [-0.1, -0.05) is 26.2 Å². The highest BCUT2D eigenvalue weighted by Gasteiger charge is 2.30. The monoisotopic (exact) mass is 376 g/mol. The Morgan fingerprint density at radius 1 is 0.741 bits per heavy atom. The van der Waals surface area contributed by atoms with Gasteiger partial charge < -0.3 is 9.80 Å². The van der Waals surface area contributed by atoms with Gasteiger partial charge in [0.15, 0.2) is 0 Å². The molecule has 0 N–H and O–H groups in total. The summed E-state index contributed by atoms with van der Waals surface area (Å²) in [5, 5.41) is 0. The molecule has 0 atom stereocenters. The van der Waals surface area contributed by atoms with Crippen LogP contribution >= 0.6 is 0 Å². The maximum atomic E-state index is 12.8. The minimum atomic E-state index is 0.234. The zero-order valence-electron chi connectivity index (χ0n) is 17.6. The van der Waals surface area contributed by atoms with Crippen molar-refractivity contribution in [1.82, 2.24) is 9.80 Å². The first-order chi connectivity index (χ1) is 13.0. The predicted molar refractivity (Wildman–Crippen MR) is 109 cm³/mol. The van der Waals surface area contributed by atoms with Crippen molar-refractivity contribution in [3.63, 3.8) is 0 Å². The molecule has 2 heterocycles. The van der Waals surface area contributed by atoms with E-state index in [1.807, 2.05) is 4.90 Å². The molecule has 4 heteroatoms. The summed E-state index contributed by atoms with van der Waals surface area (Å²) in [7, 11) is 0. The number of piperidine rings is 2. The Kier molecular flexibility index (Phi) is 7.60. The van der Waals surface area contributed by atoms with Crippen molar-refractivity contribution in [1.29, 1.82) is 0 Å². The summed E-state index contributed by atoms with van der Waals surface area (Å²) in [6, 6.07) is 0. The van der Waals surface area contributed by atoms with Crippen LogP contribution in [0.15, 0.2) is 0 Å². The molecule has 3 rings (SSSR count). The zero-order chi connectivity index (χ0) is 19.2. The molecule has 2 saturated heterocycles. The molecule has 154 valence electrons. The molecule has 0 unspecified atom stereocenters. The third kappa shape index (κ3) is 5.96. The average Bonchev–Trinajstić information content (AvgIpc) is 2.69. The third-order valence-corrected chi connectivity index (χ3v) is 7.58. The normalized spacial score (nSPS) is 28.4. The highest BCUT2D eigenvalue weighted by Crippen LogP contribution is 2.32. The molecule has 2 amide bonds. The van der Waals surface area contributed by atoms with Crippen LogP contribution in [0.4, 0.5) is 0 Å². The van der Waals surface area contributed by atoms with Crippen LogP contribution in [0, 0.1) is 23.7 Å². The Labute approximate surface area is 166 Å². The van der Waals surface area contributed by atoms with Gasteiger partial charge in [-0.05, 0) is 69.1 Å². The highest BCUT2D eigenvalue weighted by atomic mass is 16.2. The minimum absolute atomic E-state index is 0.234. The van der Waals surface area contributed by atoms with E-state index in [0.29, 0.717) is 11.8 Å². The summed E-state index contributed by atoms with van der Waals surface area (Å²) in [5.41, 5.74) is 0. The average molecular weight is 377 g/mol. The predicted octanol–water partition coefficient (Wildman–Crippen LogP) is 4.48. The second kappa shape index (κ2) is 9.93. The van der Waals surface area contributed by atoms with E-state index in [2.05, 4.69) is 11.8 Å². The molecular weight excluding hydrogens is 336 g/mol. The summed E-state index contributed by atoms with van der Waals surface area (Å²) >= 11 is 0. The van der Waals surface area contributed by atoms with Crippen molar-refractivity contribution in [2.45, 2.75) is 84.5 Å². The van der Waals surface area contributed by atoms with Crippen LogP contribution in [0.1, 0.15) is 84.5 Å². The summed E-state index contributed by atoms with van der Waals surface area (Å²) in [4.78, 5) is 28.3. The number of rotatable bonds is 5. The molecule has 0 aromatic rings. The van der Waals surface area contributed by atoms with Crippen molar-refractivity contribution in [3.05, 3.63) is 0 Å². The fraction of sp³-hybridized carbons (Fsp3) is 0.913. The van der Waals surface area contributed by atoms with Gasteiger partial charge in [0.1, 0.15) is 0 Å². The Morgan fingerprint density at radius 2 is 1.22 bits per heavy atom. The Bertz CT molecular complexity index is 483. The van der Waals surface area contributed by atoms with Gasteiger partial charge in [-0.15, -0.1) is 0 Å². The number of likely N-dealkylation sites (tertiary alicyclic amines) is 2. The topological polar surface area (TPSA) is 40.6 Å². The van der Waals surface area contributed by atoms with Gasteiger partial charge in [-0.25, -0.2) is 0 Å². The molecule has 3 aliphatic rings. The fourth-order valence-electron chi connectivity index (χ4n) is 5.44. The summed E-state index contributed by atoms with van der Waals surface area (Å²) < 4.78 is 0. The lowest BCUT2D eigenvalue weighted by molar-refractivity contribution is -0.138. The Morgan fingerprint density at radius 3 is 1.70 bits per heavy atom. The highest BCUT2D eigenvalue weighted by molar-refractivity contribution is 5.79. The third-order valence-electron chi connectivity index (χ3n) is 7.58. The van der Waals surface area contributed by atoms with E-state index in [1.165, 1.54) is 57.8 Å². The van der Waals surface area contributed by atoms with Crippen molar-refractivity contribution in [3.8, 4) is 0 Å². The Hall–Kier alpha value is -1.06. The molecule has 0 radical (unpaired) electrons. The number of amides is 2. The number of hydrogen-bond donors (Lipinski definition) is 0. The second-order valence-electron chi connectivity index (χ2n) is 9.61. The lowest BCUT2D eigenvalue weighted by Gasteiger charge is -2.36. The molecule has 27 heavy (non-hydrogen) atoms. The summed E-state index contributed by atoms with van der Waals surface area (Å²) in [6.07, 6.45) is 13.5. The van der Waals surface area contributed by atoms with E-state index in [0.717, 1.165) is 56.8 Å². The van der Waals surface area contributed by atoms with Crippen molar-refractivity contribution < 1.29 is 9.59 Å². The molecule has 0 aromatic carbocycles. The van der Waals surface area contributed by atoms with Crippen LogP contribution in [0.5, 0.6) is 0 Å². The number of hydrogen-bond acceptors (Lipinski definition) is 2. The largest absolute Gasteiger partial charge is 0.343 e. The molecule has 3 fully saturated rings. The number of carbonyl (C=O) groups excluding carboxylic acids is 2. The standard InChI is InChI=1S/C23H40N2O2/c1-18-6-8-22(9-7-18)23(27)25-16-12-21(13-17-25)5-3-4-20-10-14-24(15-11-20)19(2)26/h18,20-22H,3-17H2,1-2H3/t18-,22-. The minimum Gasteiger partial charge on any atom is -0.343 e. The van der Waals surface area contributed by atoms with Crippen LogP contribution in [0.25, 0.3) is 0 Å². The smallest absolute Gasteiger partial charge is 0.225 e. The van der Waals surface area contributed by atoms with Crippen molar-refractivity contribution in [2.75, 3.05) is 26.2 Å². The molecule has 0 bridgehead atoms. The lowest BCUT2D eigenvalue weighted by atomic mass is 9.81. The number of carbonyl (C=O) groups is 2. The molecule has 4 nitrogen and oxygen atoms in total. The molecule has 2 aliphatic heterocycles. The van der Waals surface area contributed by atoms with Crippen LogP contribution in [0.3, 0.4) is 0 Å². The van der Waals surface area contributed by atoms with Gasteiger partial charge >= 0.3 is 0 Å². The quantitative estimate of drug-likeness (QED) is 0.710. The van der Waals surface area contributed by atoms with Gasteiger partial charge in [0.2, 0.25) is 11.8 Å². The van der Waals surface area contributed by atoms with E-state index < -0.39 is 0 Å². The Balaban J connectivity index is 1.29. The van der Waals surface area contributed by atoms with Gasteiger partial charge in [0.05, 0.1) is 0 Å². The lowest BCUT2D eigenvalue weighted by Crippen LogP contribution is -2.42. The molecule has 0 spiro atoms. The summed E-state index contributed by atoms with van der Waals surface area (Å²) in [6.45, 7) is 7.91. The van der Waals surface area contributed by atoms with Gasteiger partial charge in [-0.2, -0.15) is 0 Å². The van der Waals surface area contributed by atoms with Crippen LogP contribution in [-0.2, 0) is 9.59 Å². The second-order valence-corrected chi connectivity index (χ2v) is 9.61. The fourth-order valence-corrected chi connectivity index (χ4v) is 5.44. The van der Waals surface area contributed by atoms with Gasteiger partial charge in [-0.3, -0.25) is 9.59 Å². The first kappa shape index (κ1) is 20.7. The zero-order valence-corrected chi connectivity index (χ0v) is 17.6. The SMILES string of the molecule is CC(=O)N1CCC(CCCC2CCN(C(=O)[C@H]3CC[C@H](C)CC3)CC2)CC1. The van der Waals surface area contributed by atoms with E-state index >= 15 is 0 Å². The molecule has 1 saturated carbocycles. The first-order valence-electron chi connectivity index (χ1n) is 11.6. The molecule has 1 aliphatic carbocycles. The van der Waals surface area contributed by atoms with Crippen molar-refractivity contribution >= 4 is 11.8 Å². The first-order valence-corrected chi connectivity index (χ1v) is 11.6. The van der Waals surface area contributed by atoms with Crippen molar-refractivity contribution in [2.24, 2.45) is 23.7 Å². The van der Waals surface area contributed by atoms with Crippen LogP contribution in [0.2, 0.25) is 0 Å². The molecule has 0 aromatic heterocycles. The van der Waals surface area contributed by atoms with Crippen LogP contribution in [-0.4, -0.2) is 47.8 Å². The van der Waals surface area contributed by atoms with E-state index in [9.17, 15) is 9.59 Å². The van der Waals surface area contributed by atoms with Gasteiger partial charge in [0, 0.05) is 39.0 Å². The van der Waals surface area contributed by atoms with E-state index in [1.54, 1.807) is 6.92 Å². The maximum absolute atomic E-state index is 12.8. The summed E-state index contributed by atoms with van der Waals surface area (Å²) in [5.74, 6) is 3.46. The maximum Gasteiger partial charge on any atom is 0.225 e. The van der Waals surface area contributed by atoms with E-state index in [4.69, 9.17) is 0 Å². The van der Waals surface area contributed by atoms with E-state index in [-0.39, 0.29) is 5.91 Å². The van der Waals surface area contributed by atoms with Crippen LogP contribution < -0.4 is 0 Å². The van der Waals surface area contributed by atoms with Gasteiger partial charge in [0.25, 0.3) is 0 Å². The molecular formula is C23H40N2O2. The number of nitrogens with zero attached hydrogens (tertiary/aromatic N) is 2.